The minimum absolute atomic E-state index is 0.417. The first-order valence-corrected chi connectivity index (χ1v) is 6.36. The summed E-state index contributed by atoms with van der Waals surface area (Å²) in [5.41, 5.74) is 17.0. The van der Waals surface area contributed by atoms with E-state index >= 15 is 0 Å². The molecule has 0 aliphatic carbocycles. The van der Waals surface area contributed by atoms with Gasteiger partial charge in [-0.25, -0.2) is 0 Å². The van der Waals surface area contributed by atoms with Crippen LogP contribution in [0.5, 0.6) is 0 Å². The van der Waals surface area contributed by atoms with Crippen molar-refractivity contribution in [2.45, 2.75) is 18.9 Å². The molecule has 0 saturated carbocycles. The maximum absolute atomic E-state index is 5.88. The second kappa shape index (κ2) is 7.97. The lowest BCUT2D eigenvalue weighted by Gasteiger charge is -2.32. The number of likely N-dealkylation sites (tertiary alicyclic amines) is 1. The van der Waals surface area contributed by atoms with Gasteiger partial charge in [-0.05, 0) is 25.9 Å². The summed E-state index contributed by atoms with van der Waals surface area (Å²) in [4.78, 5) is 4.83. The number of nitrogens with two attached hydrogens (primary N) is 3. The molecule has 1 rings (SSSR count). The zero-order chi connectivity index (χ0) is 11.8. The summed E-state index contributed by atoms with van der Waals surface area (Å²) in [6, 6.07) is 0.417. The van der Waals surface area contributed by atoms with Gasteiger partial charge in [0.1, 0.15) is 0 Å². The van der Waals surface area contributed by atoms with Crippen LogP contribution in [-0.4, -0.2) is 68.2 Å². The standard InChI is InChI=1S/C11H27N5/c12-3-7-16(8-4-13)10-9-15-5-1-11(14)2-6-15/h11H,1-10,12-14H2. The Bertz CT molecular complexity index is 162. The van der Waals surface area contributed by atoms with E-state index in [-0.39, 0.29) is 0 Å². The Balaban J connectivity index is 2.15. The van der Waals surface area contributed by atoms with Crippen molar-refractivity contribution in [3.8, 4) is 0 Å². The van der Waals surface area contributed by atoms with Crippen molar-refractivity contribution in [3.05, 3.63) is 0 Å². The molecule has 1 saturated heterocycles. The van der Waals surface area contributed by atoms with Gasteiger partial charge in [-0.1, -0.05) is 0 Å². The maximum atomic E-state index is 5.88. The predicted octanol–water partition coefficient (Wildman–Crippen LogP) is -1.37. The van der Waals surface area contributed by atoms with Gasteiger partial charge in [0.15, 0.2) is 0 Å². The van der Waals surface area contributed by atoms with Gasteiger partial charge in [0.05, 0.1) is 0 Å². The van der Waals surface area contributed by atoms with E-state index in [4.69, 9.17) is 17.2 Å². The average Bonchev–Trinajstić information content (AvgIpc) is 2.29. The third-order valence-corrected chi connectivity index (χ3v) is 3.26. The smallest absolute Gasteiger partial charge is 0.0110 e. The fourth-order valence-corrected chi connectivity index (χ4v) is 2.16. The van der Waals surface area contributed by atoms with E-state index in [0.717, 1.165) is 52.1 Å². The molecule has 0 unspecified atom stereocenters. The van der Waals surface area contributed by atoms with Crippen LogP contribution >= 0.6 is 0 Å². The minimum Gasteiger partial charge on any atom is -0.329 e. The monoisotopic (exact) mass is 229 g/mol. The molecule has 6 N–H and O–H groups in total. The summed E-state index contributed by atoms with van der Waals surface area (Å²) < 4.78 is 0. The second-order valence-electron chi connectivity index (χ2n) is 4.60. The largest absolute Gasteiger partial charge is 0.329 e. The lowest BCUT2D eigenvalue weighted by atomic mass is 10.1. The van der Waals surface area contributed by atoms with Crippen LogP contribution in [0, 0.1) is 0 Å². The van der Waals surface area contributed by atoms with Crippen molar-refractivity contribution in [2.24, 2.45) is 17.2 Å². The molecule has 1 aliphatic rings. The Morgan fingerprint density at radius 3 is 2.06 bits per heavy atom. The SMILES string of the molecule is NCCN(CCN)CCN1CCC(N)CC1. The number of hydrogen-bond acceptors (Lipinski definition) is 5. The summed E-state index contributed by atoms with van der Waals surface area (Å²) in [5.74, 6) is 0. The van der Waals surface area contributed by atoms with Crippen LogP contribution in [0.4, 0.5) is 0 Å². The van der Waals surface area contributed by atoms with Crippen molar-refractivity contribution in [1.29, 1.82) is 0 Å². The van der Waals surface area contributed by atoms with Gasteiger partial charge < -0.3 is 22.1 Å². The van der Waals surface area contributed by atoms with E-state index in [0.29, 0.717) is 19.1 Å². The molecule has 16 heavy (non-hydrogen) atoms. The first-order valence-electron chi connectivity index (χ1n) is 6.36. The third kappa shape index (κ3) is 5.23. The van der Waals surface area contributed by atoms with Crippen molar-refractivity contribution in [2.75, 3.05) is 52.4 Å². The first kappa shape index (κ1) is 13.9. The molecule has 0 aromatic carbocycles. The van der Waals surface area contributed by atoms with Gasteiger partial charge in [-0.15, -0.1) is 0 Å². The second-order valence-corrected chi connectivity index (χ2v) is 4.60. The molecular weight excluding hydrogens is 202 g/mol. The molecule has 96 valence electrons. The number of hydrogen-bond donors (Lipinski definition) is 3. The quantitative estimate of drug-likeness (QED) is 0.501. The summed E-state index contributed by atoms with van der Waals surface area (Å²) in [7, 11) is 0. The van der Waals surface area contributed by atoms with E-state index in [1.165, 1.54) is 0 Å². The molecule has 0 atom stereocenters. The molecule has 0 aromatic rings. The van der Waals surface area contributed by atoms with Crippen molar-refractivity contribution in [3.63, 3.8) is 0 Å². The van der Waals surface area contributed by atoms with Crippen molar-refractivity contribution < 1.29 is 0 Å². The van der Waals surface area contributed by atoms with Gasteiger partial charge in [0, 0.05) is 45.3 Å². The Labute approximate surface area is 98.9 Å². The predicted molar refractivity (Wildman–Crippen MR) is 68.2 cm³/mol. The lowest BCUT2D eigenvalue weighted by Crippen LogP contribution is -2.44. The van der Waals surface area contributed by atoms with Crippen LogP contribution in [0.25, 0.3) is 0 Å². The van der Waals surface area contributed by atoms with E-state index in [2.05, 4.69) is 9.80 Å². The fraction of sp³-hybridized carbons (Fsp3) is 1.00. The number of piperidine rings is 1. The Morgan fingerprint density at radius 2 is 1.56 bits per heavy atom. The molecule has 0 amide bonds. The zero-order valence-corrected chi connectivity index (χ0v) is 10.3. The molecule has 1 fully saturated rings. The third-order valence-electron chi connectivity index (χ3n) is 3.26. The molecule has 0 radical (unpaired) electrons. The maximum Gasteiger partial charge on any atom is 0.0110 e. The Morgan fingerprint density at radius 1 is 1.00 bits per heavy atom. The summed E-state index contributed by atoms with van der Waals surface area (Å²) in [5, 5.41) is 0. The summed E-state index contributed by atoms with van der Waals surface area (Å²) >= 11 is 0. The molecule has 0 spiro atoms. The highest BCUT2D eigenvalue weighted by Crippen LogP contribution is 2.07. The Hall–Kier alpha value is -0.200. The lowest BCUT2D eigenvalue weighted by molar-refractivity contribution is 0.176. The van der Waals surface area contributed by atoms with Crippen LogP contribution in [0.3, 0.4) is 0 Å². The van der Waals surface area contributed by atoms with Gasteiger partial charge in [-0.3, -0.25) is 4.90 Å². The van der Waals surface area contributed by atoms with E-state index in [1.807, 2.05) is 0 Å². The molecule has 1 aliphatic heterocycles. The van der Waals surface area contributed by atoms with Crippen molar-refractivity contribution in [1.82, 2.24) is 9.80 Å². The van der Waals surface area contributed by atoms with Gasteiger partial charge in [0.2, 0.25) is 0 Å². The molecule has 0 aromatic heterocycles. The van der Waals surface area contributed by atoms with E-state index in [1.54, 1.807) is 0 Å². The summed E-state index contributed by atoms with van der Waals surface area (Å²) in [6.07, 6.45) is 2.27. The van der Waals surface area contributed by atoms with Gasteiger partial charge in [-0.2, -0.15) is 0 Å². The van der Waals surface area contributed by atoms with E-state index < -0.39 is 0 Å². The first-order chi connectivity index (χ1) is 7.76. The fourth-order valence-electron chi connectivity index (χ4n) is 2.16. The topological polar surface area (TPSA) is 84.5 Å². The minimum atomic E-state index is 0.417. The number of nitrogens with zero attached hydrogens (tertiary/aromatic N) is 2. The van der Waals surface area contributed by atoms with Crippen LogP contribution in [0.1, 0.15) is 12.8 Å². The average molecular weight is 229 g/mol. The molecule has 1 heterocycles. The Kier molecular flexibility index (Phi) is 6.91. The molecule has 5 heteroatoms. The van der Waals surface area contributed by atoms with Crippen molar-refractivity contribution >= 4 is 0 Å². The molecular formula is C11H27N5. The zero-order valence-electron chi connectivity index (χ0n) is 10.3. The summed E-state index contributed by atoms with van der Waals surface area (Å²) in [6.45, 7) is 7.79. The van der Waals surface area contributed by atoms with Crippen LogP contribution in [0.2, 0.25) is 0 Å². The highest BCUT2D eigenvalue weighted by Gasteiger charge is 2.16. The molecule has 5 nitrogen and oxygen atoms in total. The van der Waals surface area contributed by atoms with Gasteiger partial charge >= 0.3 is 0 Å². The van der Waals surface area contributed by atoms with Crippen LogP contribution < -0.4 is 17.2 Å². The number of rotatable bonds is 7. The highest BCUT2D eigenvalue weighted by atomic mass is 15.2. The van der Waals surface area contributed by atoms with Gasteiger partial charge in [0.25, 0.3) is 0 Å². The normalized spacial score (nSPS) is 19.5. The van der Waals surface area contributed by atoms with Crippen LogP contribution in [0.15, 0.2) is 0 Å². The highest BCUT2D eigenvalue weighted by molar-refractivity contribution is 4.75. The van der Waals surface area contributed by atoms with E-state index in [9.17, 15) is 0 Å². The molecule has 0 bridgehead atoms. The van der Waals surface area contributed by atoms with Crippen LogP contribution in [-0.2, 0) is 0 Å².